The average Bonchev–Trinajstić information content (AvgIpc) is 2.30. The molecule has 0 aliphatic rings. The van der Waals surface area contributed by atoms with Gasteiger partial charge >= 0.3 is 0 Å². The Hall–Kier alpha value is -0.810. The van der Waals surface area contributed by atoms with Crippen molar-refractivity contribution in [3.05, 3.63) is 22.1 Å². The van der Waals surface area contributed by atoms with E-state index in [1.54, 1.807) is 17.8 Å². The van der Waals surface area contributed by atoms with Gasteiger partial charge in [-0.25, -0.2) is 4.98 Å². The van der Waals surface area contributed by atoms with E-state index in [-0.39, 0.29) is 5.56 Å². The van der Waals surface area contributed by atoms with Crippen molar-refractivity contribution in [2.75, 3.05) is 12.8 Å². The number of hydrogen-bond acceptors (Lipinski definition) is 4. The lowest BCUT2D eigenvalue weighted by Gasteiger charge is -2.12. The molecule has 4 nitrogen and oxygen atoms in total. The fraction of sp³-hybridized carbons (Fsp3) is 0.667. The fourth-order valence-electron chi connectivity index (χ4n) is 1.52. The second kappa shape index (κ2) is 7.50. The Morgan fingerprint density at radius 3 is 2.88 bits per heavy atom. The maximum atomic E-state index is 11.4. The van der Waals surface area contributed by atoms with E-state index in [1.807, 2.05) is 7.05 Å². The van der Waals surface area contributed by atoms with E-state index >= 15 is 0 Å². The van der Waals surface area contributed by atoms with E-state index in [0.29, 0.717) is 6.04 Å². The fourth-order valence-corrected chi connectivity index (χ4v) is 2.64. The van der Waals surface area contributed by atoms with Crippen molar-refractivity contribution < 1.29 is 0 Å². The van der Waals surface area contributed by atoms with Crippen molar-refractivity contribution >= 4 is 11.8 Å². The van der Waals surface area contributed by atoms with Crippen LogP contribution in [0.3, 0.4) is 0 Å². The minimum absolute atomic E-state index is 0.0524. The standard InChI is InChI=1S/C12H21N3OS/c1-4-6-10-7-11(16)15-12(14-10)17-8-9(5-2)13-3/h7,9,13H,4-6,8H2,1-3H3,(H,14,15,16). The largest absolute Gasteiger partial charge is 0.316 e. The summed E-state index contributed by atoms with van der Waals surface area (Å²) in [5, 5.41) is 3.97. The van der Waals surface area contributed by atoms with Crippen molar-refractivity contribution in [3.63, 3.8) is 0 Å². The highest BCUT2D eigenvalue weighted by Crippen LogP contribution is 2.14. The molecule has 96 valence electrons. The number of aromatic nitrogens is 2. The van der Waals surface area contributed by atoms with Gasteiger partial charge in [-0.15, -0.1) is 0 Å². The zero-order chi connectivity index (χ0) is 12.7. The summed E-state index contributed by atoms with van der Waals surface area (Å²) in [4.78, 5) is 18.7. The van der Waals surface area contributed by atoms with Crippen molar-refractivity contribution in [1.82, 2.24) is 15.3 Å². The molecule has 0 amide bonds. The van der Waals surface area contributed by atoms with Crippen LogP contribution in [0.4, 0.5) is 0 Å². The normalized spacial score (nSPS) is 12.6. The minimum atomic E-state index is -0.0524. The first-order chi connectivity index (χ1) is 8.19. The Kier molecular flexibility index (Phi) is 6.29. The van der Waals surface area contributed by atoms with Crippen LogP contribution in [0.15, 0.2) is 16.0 Å². The van der Waals surface area contributed by atoms with E-state index in [2.05, 4.69) is 29.1 Å². The molecular weight excluding hydrogens is 234 g/mol. The highest BCUT2D eigenvalue weighted by Gasteiger charge is 2.06. The number of rotatable bonds is 7. The predicted octanol–water partition coefficient (Wildman–Crippen LogP) is 1.81. The maximum Gasteiger partial charge on any atom is 0.251 e. The summed E-state index contributed by atoms with van der Waals surface area (Å²) < 4.78 is 0. The van der Waals surface area contributed by atoms with Crippen LogP contribution in [-0.4, -0.2) is 28.8 Å². The van der Waals surface area contributed by atoms with Gasteiger partial charge in [0.25, 0.3) is 5.56 Å². The summed E-state index contributed by atoms with van der Waals surface area (Å²) in [6.45, 7) is 4.23. The molecule has 1 heterocycles. The number of thioether (sulfide) groups is 1. The Morgan fingerprint density at radius 1 is 1.53 bits per heavy atom. The SMILES string of the molecule is CCCc1cc(=O)[nH]c(SCC(CC)NC)n1. The third-order valence-electron chi connectivity index (χ3n) is 2.60. The van der Waals surface area contributed by atoms with E-state index in [0.717, 1.165) is 35.9 Å². The molecule has 0 saturated carbocycles. The molecule has 0 spiro atoms. The monoisotopic (exact) mass is 255 g/mol. The van der Waals surface area contributed by atoms with Crippen LogP contribution < -0.4 is 10.9 Å². The van der Waals surface area contributed by atoms with E-state index in [4.69, 9.17) is 0 Å². The second-order valence-corrected chi connectivity index (χ2v) is 5.01. The van der Waals surface area contributed by atoms with Gasteiger partial charge in [0.05, 0.1) is 0 Å². The molecule has 17 heavy (non-hydrogen) atoms. The molecule has 0 aliphatic heterocycles. The predicted molar refractivity (Wildman–Crippen MR) is 72.7 cm³/mol. The van der Waals surface area contributed by atoms with Crippen molar-refractivity contribution in [2.24, 2.45) is 0 Å². The van der Waals surface area contributed by atoms with Gasteiger partial charge in [-0.05, 0) is 19.9 Å². The maximum absolute atomic E-state index is 11.4. The molecular formula is C12H21N3OS. The molecule has 1 aromatic heterocycles. The Labute approximate surface area is 107 Å². The molecule has 0 saturated heterocycles. The number of nitrogens with one attached hydrogen (secondary N) is 2. The molecule has 0 bridgehead atoms. The van der Waals surface area contributed by atoms with Gasteiger partial charge in [0.15, 0.2) is 5.16 Å². The quantitative estimate of drug-likeness (QED) is 0.576. The van der Waals surface area contributed by atoms with Crippen LogP contribution in [0.2, 0.25) is 0 Å². The molecule has 5 heteroatoms. The summed E-state index contributed by atoms with van der Waals surface area (Å²) in [6.07, 6.45) is 2.94. The molecule has 1 unspecified atom stereocenters. The molecule has 1 aromatic rings. The number of hydrogen-bond donors (Lipinski definition) is 2. The number of nitrogens with zero attached hydrogens (tertiary/aromatic N) is 1. The average molecular weight is 255 g/mol. The summed E-state index contributed by atoms with van der Waals surface area (Å²) in [6, 6.07) is 2.04. The third-order valence-corrected chi connectivity index (χ3v) is 3.64. The lowest BCUT2D eigenvalue weighted by atomic mass is 10.2. The van der Waals surface area contributed by atoms with Crippen molar-refractivity contribution in [3.8, 4) is 0 Å². The molecule has 2 N–H and O–H groups in total. The van der Waals surface area contributed by atoms with Crippen LogP contribution in [0.1, 0.15) is 32.4 Å². The summed E-state index contributed by atoms with van der Waals surface area (Å²) in [5.41, 5.74) is 0.833. The van der Waals surface area contributed by atoms with Gasteiger partial charge in [-0.2, -0.15) is 0 Å². The molecule has 1 rings (SSSR count). The molecule has 0 aliphatic carbocycles. The van der Waals surface area contributed by atoms with Crippen LogP contribution in [0.25, 0.3) is 0 Å². The van der Waals surface area contributed by atoms with Gasteiger partial charge in [-0.3, -0.25) is 4.79 Å². The van der Waals surface area contributed by atoms with Gasteiger partial charge in [0.1, 0.15) is 0 Å². The Balaban J connectivity index is 2.67. The van der Waals surface area contributed by atoms with Gasteiger partial charge in [-0.1, -0.05) is 32.0 Å². The topological polar surface area (TPSA) is 57.8 Å². The first-order valence-corrected chi connectivity index (χ1v) is 7.08. The van der Waals surface area contributed by atoms with Gasteiger partial charge < -0.3 is 10.3 Å². The Bertz CT molecular complexity index is 388. The number of aromatic amines is 1. The van der Waals surface area contributed by atoms with Crippen LogP contribution in [0, 0.1) is 0 Å². The minimum Gasteiger partial charge on any atom is -0.316 e. The second-order valence-electron chi connectivity index (χ2n) is 4.00. The van der Waals surface area contributed by atoms with Crippen LogP contribution in [-0.2, 0) is 6.42 Å². The van der Waals surface area contributed by atoms with Crippen LogP contribution >= 0.6 is 11.8 Å². The molecule has 0 aromatic carbocycles. The Morgan fingerprint density at radius 2 is 2.29 bits per heavy atom. The summed E-state index contributed by atoms with van der Waals surface area (Å²) in [5.74, 6) is 0.922. The molecule has 0 radical (unpaired) electrons. The van der Waals surface area contributed by atoms with Crippen molar-refractivity contribution in [1.29, 1.82) is 0 Å². The number of H-pyrrole nitrogens is 1. The zero-order valence-corrected chi connectivity index (χ0v) is 11.6. The highest BCUT2D eigenvalue weighted by atomic mass is 32.2. The summed E-state index contributed by atoms with van der Waals surface area (Å²) >= 11 is 1.60. The molecule has 0 fully saturated rings. The third kappa shape index (κ3) is 4.91. The first-order valence-electron chi connectivity index (χ1n) is 6.09. The lowest BCUT2D eigenvalue weighted by molar-refractivity contribution is 0.601. The summed E-state index contributed by atoms with van der Waals surface area (Å²) in [7, 11) is 1.96. The first kappa shape index (κ1) is 14.3. The number of aryl methyl sites for hydroxylation is 1. The zero-order valence-electron chi connectivity index (χ0n) is 10.7. The molecule has 1 atom stereocenters. The smallest absolute Gasteiger partial charge is 0.251 e. The highest BCUT2D eigenvalue weighted by molar-refractivity contribution is 7.99. The van der Waals surface area contributed by atoms with E-state index in [1.165, 1.54) is 0 Å². The van der Waals surface area contributed by atoms with E-state index in [9.17, 15) is 4.79 Å². The van der Waals surface area contributed by atoms with Gasteiger partial charge in [0, 0.05) is 23.6 Å². The lowest BCUT2D eigenvalue weighted by Crippen LogP contribution is -2.26. The van der Waals surface area contributed by atoms with Gasteiger partial charge in [0.2, 0.25) is 0 Å². The van der Waals surface area contributed by atoms with Crippen molar-refractivity contribution in [2.45, 2.75) is 44.3 Å². The van der Waals surface area contributed by atoms with E-state index < -0.39 is 0 Å². The van der Waals surface area contributed by atoms with Crippen LogP contribution in [0.5, 0.6) is 0 Å².